The quantitative estimate of drug-likeness (QED) is 0.458. The molecule has 0 aromatic heterocycles. The van der Waals surface area contributed by atoms with Crippen LogP contribution in [0.25, 0.3) is 0 Å². The molecule has 33 heavy (non-hydrogen) atoms. The van der Waals surface area contributed by atoms with Crippen LogP contribution in [0.4, 0.5) is 0 Å². The van der Waals surface area contributed by atoms with Gasteiger partial charge in [0, 0.05) is 18.9 Å². The molecule has 1 N–H and O–H groups in total. The maximum Gasteiger partial charge on any atom is 0.257 e. The summed E-state index contributed by atoms with van der Waals surface area (Å²) in [5.41, 5.74) is 0.867. The molecule has 4 rings (SSSR count). The van der Waals surface area contributed by atoms with E-state index in [1.807, 2.05) is 18.2 Å². The van der Waals surface area contributed by atoms with Gasteiger partial charge in [0.2, 0.25) is 0 Å². The summed E-state index contributed by atoms with van der Waals surface area (Å²) < 4.78 is 16.6. The molecule has 2 atom stereocenters. The van der Waals surface area contributed by atoms with Crippen molar-refractivity contribution < 1.29 is 28.9 Å². The number of aliphatic hydroxyl groups excluding tert-OH is 1. The largest absolute Gasteiger partial charge is 0.497 e. The SMILES string of the molecule is CCC(=O)N(Oc1ccc(OC)cc1)[C@H](O)[C@@H](CN1CCCC1)c1ccc2c(c1)OCCO2. The second kappa shape index (κ2) is 10.8. The number of likely N-dealkylation sites (tertiary alicyclic amines) is 1. The Labute approximate surface area is 194 Å². The Hall–Kier alpha value is -2.97. The molecule has 8 heteroatoms. The number of carbonyl (C=O) groups is 1. The lowest BCUT2D eigenvalue weighted by Crippen LogP contribution is -2.48. The minimum absolute atomic E-state index is 0.199. The number of methoxy groups -OCH3 is 1. The molecule has 2 heterocycles. The number of fused-ring (bicyclic) bond motifs is 1. The summed E-state index contributed by atoms with van der Waals surface area (Å²) in [5.74, 6) is 1.77. The molecule has 0 bridgehead atoms. The predicted molar refractivity (Wildman–Crippen MR) is 123 cm³/mol. The van der Waals surface area contributed by atoms with Crippen molar-refractivity contribution in [3.63, 3.8) is 0 Å². The van der Waals surface area contributed by atoms with Crippen molar-refractivity contribution in [2.75, 3.05) is 40.0 Å². The van der Waals surface area contributed by atoms with Crippen molar-refractivity contribution in [1.29, 1.82) is 0 Å². The van der Waals surface area contributed by atoms with Crippen LogP contribution in [0.3, 0.4) is 0 Å². The van der Waals surface area contributed by atoms with E-state index >= 15 is 0 Å². The van der Waals surface area contributed by atoms with Crippen LogP contribution in [0.2, 0.25) is 0 Å². The number of hydrogen-bond acceptors (Lipinski definition) is 7. The Morgan fingerprint density at radius 2 is 1.73 bits per heavy atom. The fourth-order valence-corrected chi connectivity index (χ4v) is 4.23. The number of benzene rings is 2. The average Bonchev–Trinajstić information content (AvgIpc) is 3.38. The van der Waals surface area contributed by atoms with Gasteiger partial charge in [-0.2, -0.15) is 0 Å². The van der Waals surface area contributed by atoms with E-state index in [1.54, 1.807) is 38.3 Å². The number of rotatable bonds is 9. The molecule has 0 unspecified atom stereocenters. The fourth-order valence-electron chi connectivity index (χ4n) is 4.23. The molecule has 1 saturated heterocycles. The summed E-state index contributed by atoms with van der Waals surface area (Å²) in [5, 5.41) is 12.6. The van der Waals surface area contributed by atoms with E-state index in [9.17, 15) is 9.90 Å². The highest BCUT2D eigenvalue weighted by Gasteiger charge is 2.34. The van der Waals surface area contributed by atoms with Gasteiger partial charge in [-0.1, -0.05) is 13.0 Å². The van der Waals surface area contributed by atoms with Gasteiger partial charge in [-0.3, -0.25) is 4.79 Å². The van der Waals surface area contributed by atoms with Crippen LogP contribution < -0.4 is 19.0 Å². The standard InChI is InChI=1S/C25H32N2O6/c1-3-24(28)27(33-20-9-7-19(30-2)8-10-20)25(29)21(17-26-12-4-5-13-26)18-6-11-22-23(16-18)32-15-14-31-22/h6-11,16,21,25,29H,3-5,12-15,17H2,1-2H3/t21-,25+/m0/s1. The van der Waals surface area contributed by atoms with Crippen LogP contribution in [0.15, 0.2) is 42.5 Å². The van der Waals surface area contributed by atoms with Crippen molar-refractivity contribution in [2.45, 2.75) is 38.3 Å². The summed E-state index contributed by atoms with van der Waals surface area (Å²) in [4.78, 5) is 21.1. The average molecular weight is 457 g/mol. The van der Waals surface area contributed by atoms with Crippen LogP contribution in [0, 0.1) is 0 Å². The van der Waals surface area contributed by atoms with Crippen molar-refractivity contribution in [2.24, 2.45) is 0 Å². The lowest BCUT2D eigenvalue weighted by atomic mass is 9.95. The third-order valence-electron chi connectivity index (χ3n) is 6.06. The number of nitrogens with zero attached hydrogens (tertiary/aromatic N) is 2. The van der Waals surface area contributed by atoms with Gasteiger partial charge >= 0.3 is 0 Å². The monoisotopic (exact) mass is 456 g/mol. The van der Waals surface area contributed by atoms with Crippen LogP contribution >= 0.6 is 0 Å². The first-order valence-corrected chi connectivity index (χ1v) is 11.5. The molecule has 0 saturated carbocycles. The van der Waals surface area contributed by atoms with Crippen LogP contribution in [0.5, 0.6) is 23.0 Å². The third-order valence-corrected chi connectivity index (χ3v) is 6.06. The smallest absolute Gasteiger partial charge is 0.257 e. The Kier molecular flexibility index (Phi) is 7.57. The van der Waals surface area contributed by atoms with Gasteiger partial charge in [0.05, 0.1) is 7.11 Å². The summed E-state index contributed by atoms with van der Waals surface area (Å²) in [7, 11) is 1.59. The van der Waals surface area contributed by atoms with Crippen molar-refractivity contribution in [3.05, 3.63) is 48.0 Å². The highest BCUT2D eigenvalue weighted by Crippen LogP contribution is 2.35. The first-order valence-electron chi connectivity index (χ1n) is 11.5. The van der Waals surface area contributed by atoms with E-state index in [1.165, 1.54) is 0 Å². The molecular formula is C25H32N2O6. The minimum atomic E-state index is -1.19. The Morgan fingerprint density at radius 1 is 1.06 bits per heavy atom. The van der Waals surface area contributed by atoms with Gasteiger partial charge in [0.1, 0.15) is 19.0 Å². The first-order chi connectivity index (χ1) is 16.1. The normalized spacial score (nSPS) is 17.3. The van der Waals surface area contributed by atoms with Crippen molar-refractivity contribution in [1.82, 2.24) is 9.96 Å². The molecule has 1 fully saturated rings. The van der Waals surface area contributed by atoms with Crippen LogP contribution in [-0.4, -0.2) is 67.2 Å². The summed E-state index contributed by atoms with van der Waals surface area (Å²) >= 11 is 0. The number of carbonyl (C=O) groups excluding carboxylic acids is 1. The highest BCUT2D eigenvalue weighted by atomic mass is 16.7. The lowest BCUT2D eigenvalue weighted by molar-refractivity contribution is -0.197. The van der Waals surface area contributed by atoms with E-state index in [4.69, 9.17) is 19.0 Å². The van der Waals surface area contributed by atoms with Gasteiger partial charge in [-0.05, 0) is 67.9 Å². The second-order valence-electron chi connectivity index (χ2n) is 8.27. The predicted octanol–water partition coefficient (Wildman–Crippen LogP) is 3.20. The van der Waals surface area contributed by atoms with Gasteiger partial charge in [0.25, 0.3) is 5.91 Å². The molecule has 8 nitrogen and oxygen atoms in total. The number of hydroxylamine groups is 2. The topological polar surface area (TPSA) is 80.7 Å². The van der Waals surface area contributed by atoms with E-state index < -0.39 is 12.1 Å². The zero-order valence-electron chi connectivity index (χ0n) is 19.2. The molecule has 1 amide bonds. The summed E-state index contributed by atoms with van der Waals surface area (Å²) in [6.07, 6.45) is 1.27. The van der Waals surface area contributed by atoms with Gasteiger partial charge in [0.15, 0.2) is 23.5 Å². The maximum atomic E-state index is 12.8. The number of aliphatic hydroxyl groups is 1. The zero-order chi connectivity index (χ0) is 23.2. The van der Waals surface area contributed by atoms with E-state index in [0.29, 0.717) is 42.8 Å². The van der Waals surface area contributed by atoms with Crippen molar-refractivity contribution in [3.8, 4) is 23.0 Å². The molecule has 2 aliphatic heterocycles. The molecule has 0 spiro atoms. The Morgan fingerprint density at radius 3 is 2.39 bits per heavy atom. The minimum Gasteiger partial charge on any atom is -0.497 e. The summed E-state index contributed by atoms with van der Waals surface area (Å²) in [6, 6.07) is 12.6. The van der Waals surface area contributed by atoms with Gasteiger partial charge in [-0.15, -0.1) is 5.06 Å². The second-order valence-corrected chi connectivity index (χ2v) is 8.27. The first kappa shape index (κ1) is 23.2. The number of ether oxygens (including phenoxy) is 3. The lowest BCUT2D eigenvalue weighted by Gasteiger charge is -2.35. The highest BCUT2D eigenvalue weighted by molar-refractivity contribution is 5.75. The molecule has 2 aromatic carbocycles. The van der Waals surface area contributed by atoms with E-state index in [-0.39, 0.29) is 12.3 Å². The molecule has 0 radical (unpaired) electrons. The molecule has 178 valence electrons. The number of hydrogen-bond donors (Lipinski definition) is 1. The van der Waals surface area contributed by atoms with E-state index in [2.05, 4.69) is 4.90 Å². The number of amides is 1. The van der Waals surface area contributed by atoms with Gasteiger partial charge < -0.3 is 29.1 Å². The molecule has 2 aliphatic rings. The summed E-state index contributed by atoms with van der Waals surface area (Å²) in [6.45, 7) is 5.28. The maximum absolute atomic E-state index is 12.8. The molecular weight excluding hydrogens is 424 g/mol. The fraction of sp³-hybridized carbons (Fsp3) is 0.480. The molecule has 0 aliphatic carbocycles. The van der Waals surface area contributed by atoms with Gasteiger partial charge in [-0.25, -0.2) is 0 Å². The third kappa shape index (κ3) is 5.51. The van der Waals surface area contributed by atoms with Crippen LogP contribution in [0.1, 0.15) is 37.7 Å². The zero-order valence-corrected chi connectivity index (χ0v) is 19.2. The Bertz CT molecular complexity index is 929. The van der Waals surface area contributed by atoms with Crippen molar-refractivity contribution >= 4 is 5.91 Å². The molecule has 2 aromatic rings. The Balaban J connectivity index is 1.62. The van der Waals surface area contributed by atoms with Crippen LogP contribution in [-0.2, 0) is 4.79 Å². The van der Waals surface area contributed by atoms with E-state index in [0.717, 1.165) is 36.6 Å².